The first-order valence-corrected chi connectivity index (χ1v) is 9.04. The standard InChI is InChI=1S/C17H35N5O.HI/c1-5-6-11-22-12-7-15(8-13-22)21-17(18-4)20-10-9-19-16(23)14(2)3;/h14-15H,5-13H2,1-4H3,(H,19,23)(H2,18,20,21);1H. The molecule has 24 heavy (non-hydrogen) atoms. The van der Waals surface area contributed by atoms with E-state index in [1.165, 1.54) is 32.5 Å². The maximum Gasteiger partial charge on any atom is 0.222 e. The summed E-state index contributed by atoms with van der Waals surface area (Å²) in [5.74, 6) is 0.954. The molecule has 1 fully saturated rings. The Balaban J connectivity index is 0.00000529. The van der Waals surface area contributed by atoms with Crippen molar-refractivity contribution in [2.24, 2.45) is 10.9 Å². The summed E-state index contributed by atoms with van der Waals surface area (Å²) < 4.78 is 0. The monoisotopic (exact) mass is 453 g/mol. The van der Waals surface area contributed by atoms with E-state index in [1.807, 2.05) is 13.8 Å². The first-order chi connectivity index (χ1) is 11.1. The van der Waals surface area contributed by atoms with Crippen LogP contribution < -0.4 is 16.0 Å². The molecular formula is C17H36IN5O. The topological polar surface area (TPSA) is 68.8 Å². The van der Waals surface area contributed by atoms with Crippen molar-refractivity contribution in [2.45, 2.75) is 52.5 Å². The number of unbranched alkanes of at least 4 members (excludes halogenated alkanes) is 1. The van der Waals surface area contributed by atoms with Gasteiger partial charge in [-0.25, -0.2) is 0 Å². The molecule has 0 spiro atoms. The first-order valence-electron chi connectivity index (χ1n) is 9.04. The number of halogens is 1. The number of hydrogen-bond acceptors (Lipinski definition) is 3. The molecule has 1 amide bonds. The second-order valence-corrected chi connectivity index (χ2v) is 6.56. The number of amides is 1. The highest BCUT2D eigenvalue weighted by Gasteiger charge is 2.19. The predicted octanol–water partition coefficient (Wildman–Crippen LogP) is 1.81. The van der Waals surface area contributed by atoms with Crippen LogP contribution in [0.2, 0.25) is 0 Å². The van der Waals surface area contributed by atoms with Gasteiger partial charge in [-0.2, -0.15) is 0 Å². The molecule has 1 saturated heterocycles. The third-order valence-corrected chi connectivity index (χ3v) is 4.22. The summed E-state index contributed by atoms with van der Waals surface area (Å²) in [5, 5.41) is 9.66. The molecule has 7 heteroatoms. The predicted molar refractivity (Wildman–Crippen MR) is 112 cm³/mol. The van der Waals surface area contributed by atoms with Crippen LogP contribution in [0.15, 0.2) is 4.99 Å². The smallest absolute Gasteiger partial charge is 0.222 e. The Morgan fingerprint density at radius 2 is 1.83 bits per heavy atom. The molecule has 0 unspecified atom stereocenters. The van der Waals surface area contributed by atoms with Gasteiger partial charge in [0.1, 0.15) is 0 Å². The number of nitrogens with zero attached hydrogens (tertiary/aromatic N) is 2. The molecule has 1 aliphatic rings. The zero-order valence-corrected chi connectivity index (χ0v) is 18.1. The molecule has 1 heterocycles. The van der Waals surface area contributed by atoms with E-state index in [-0.39, 0.29) is 35.8 Å². The average Bonchev–Trinajstić information content (AvgIpc) is 2.56. The number of aliphatic imine (C=N–C) groups is 1. The second kappa shape index (κ2) is 13.7. The van der Waals surface area contributed by atoms with Crippen molar-refractivity contribution in [3.63, 3.8) is 0 Å². The van der Waals surface area contributed by atoms with Gasteiger partial charge in [-0.1, -0.05) is 27.2 Å². The molecular weight excluding hydrogens is 417 g/mol. The normalized spacial score (nSPS) is 16.6. The Morgan fingerprint density at radius 3 is 2.38 bits per heavy atom. The summed E-state index contributed by atoms with van der Waals surface area (Å²) in [6.45, 7) is 10.9. The van der Waals surface area contributed by atoms with E-state index in [1.54, 1.807) is 7.05 Å². The number of hydrogen-bond donors (Lipinski definition) is 3. The first kappa shape index (κ1) is 23.4. The Bertz CT molecular complexity index is 368. The minimum atomic E-state index is 0. The summed E-state index contributed by atoms with van der Waals surface area (Å²) in [6, 6.07) is 0.490. The van der Waals surface area contributed by atoms with Crippen LogP contribution in [-0.2, 0) is 4.79 Å². The molecule has 0 radical (unpaired) electrons. The van der Waals surface area contributed by atoms with Crippen molar-refractivity contribution < 1.29 is 4.79 Å². The van der Waals surface area contributed by atoms with Crippen LogP contribution in [0.1, 0.15) is 46.5 Å². The van der Waals surface area contributed by atoms with Crippen LogP contribution in [0, 0.1) is 5.92 Å². The van der Waals surface area contributed by atoms with Crippen molar-refractivity contribution in [1.29, 1.82) is 0 Å². The van der Waals surface area contributed by atoms with Gasteiger partial charge in [0, 0.05) is 45.2 Å². The fourth-order valence-electron chi connectivity index (χ4n) is 2.64. The van der Waals surface area contributed by atoms with Gasteiger partial charge in [-0.15, -0.1) is 24.0 Å². The minimum Gasteiger partial charge on any atom is -0.355 e. The van der Waals surface area contributed by atoms with E-state index in [4.69, 9.17) is 0 Å². The summed E-state index contributed by atoms with van der Waals surface area (Å²) in [6.07, 6.45) is 4.88. The maximum absolute atomic E-state index is 11.5. The highest BCUT2D eigenvalue weighted by atomic mass is 127. The number of carbonyl (C=O) groups is 1. The van der Waals surface area contributed by atoms with Crippen molar-refractivity contribution >= 4 is 35.8 Å². The van der Waals surface area contributed by atoms with E-state index in [0.717, 1.165) is 18.8 Å². The van der Waals surface area contributed by atoms with Crippen molar-refractivity contribution in [3.05, 3.63) is 0 Å². The maximum atomic E-state index is 11.5. The zero-order valence-electron chi connectivity index (χ0n) is 15.7. The van der Waals surface area contributed by atoms with Crippen molar-refractivity contribution in [3.8, 4) is 0 Å². The molecule has 0 aromatic rings. The number of carbonyl (C=O) groups excluding carboxylic acids is 1. The van der Waals surface area contributed by atoms with Crippen LogP contribution in [0.5, 0.6) is 0 Å². The number of piperidine rings is 1. The van der Waals surface area contributed by atoms with Gasteiger partial charge in [0.15, 0.2) is 5.96 Å². The van der Waals surface area contributed by atoms with E-state index in [2.05, 4.69) is 32.8 Å². The van der Waals surface area contributed by atoms with Gasteiger partial charge >= 0.3 is 0 Å². The van der Waals surface area contributed by atoms with Crippen molar-refractivity contribution in [2.75, 3.05) is 39.8 Å². The zero-order chi connectivity index (χ0) is 17.1. The van der Waals surface area contributed by atoms with Crippen LogP contribution >= 0.6 is 24.0 Å². The highest BCUT2D eigenvalue weighted by molar-refractivity contribution is 14.0. The molecule has 1 rings (SSSR count). The number of nitrogens with one attached hydrogen (secondary N) is 3. The van der Waals surface area contributed by atoms with Gasteiger partial charge in [0.25, 0.3) is 0 Å². The van der Waals surface area contributed by atoms with Gasteiger partial charge in [-0.3, -0.25) is 9.79 Å². The fourth-order valence-corrected chi connectivity index (χ4v) is 2.64. The van der Waals surface area contributed by atoms with Gasteiger partial charge in [-0.05, 0) is 25.8 Å². The lowest BCUT2D eigenvalue weighted by atomic mass is 10.0. The van der Waals surface area contributed by atoms with Crippen LogP contribution in [0.25, 0.3) is 0 Å². The molecule has 0 saturated carbocycles. The quantitative estimate of drug-likeness (QED) is 0.227. The van der Waals surface area contributed by atoms with Crippen LogP contribution in [0.4, 0.5) is 0 Å². The molecule has 0 aromatic carbocycles. The minimum absolute atomic E-state index is 0. The van der Waals surface area contributed by atoms with E-state index in [0.29, 0.717) is 19.1 Å². The summed E-state index contributed by atoms with van der Waals surface area (Å²) in [4.78, 5) is 18.3. The number of guanidine groups is 1. The largest absolute Gasteiger partial charge is 0.355 e. The van der Waals surface area contributed by atoms with Crippen LogP contribution in [0.3, 0.4) is 0 Å². The molecule has 0 aromatic heterocycles. The second-order valence-electron chi connectivity index (χ2n) is 6.56. The third kappa shape index (κ3) is 9.66. The number of rotatable bonds is 8. The van der Waals surface area contributed by atoms with E-state index < -0.39 is 0 Å². The Kier molecular flexibility index (Phi) is 13.4. The third-order valence-electron chi connectivity index (χ3n) is 4.22. The fraction of sp³-hybridized carbons (Fsp3) is 0.882. The van der Waals surface area contributed by atoms with Crippen LogP contribution in [-0.4, -0.2) is 62.6 Å². The summed E-state index contributed by atoms with van der Waals surface area (Å²) in [7, 11) is 1.79. The van der Waals surface area contributed by atoms with Gasteiger partial charge < -0.3 is 20.9 Å². The summed E-state index contributed by atoms with van der Waals surface area (Å²) in [5.41, 5.74) is 0. The molecule has 6 nitrogen and oxygen atoms in total. The lowest BCUT2D eigenvalue weighted by Crippen LogP contribution is -2.49. The Morgan fingerprint density at radius 1 is 1.21 bits per heavy atom. The molecule has 0 aliphatic carbocycles. The Hall–Kier alpha value is -0.570. The van der Waals surface area contributed by atoms with Gasteiger partial charge in [0.05, 0.1) is 0 Å². The molecule has 0 atom stereocenters. The SMILES string of the molecule is CCCCN1CCC(NC(=NC)NCCNC(=O)C(C)C)CC1.I. The Labute approximate surface area is 164 Å². The lowest BCUT2D eigenvalue weighted by Gasteiger charge is -2.33. The van der Waals surface area contributed by atoms with Gasteiger partial charge in [0.2, 0.25) is 5.91 Å². The average molecular weight is 453 g/mol. The van der Waals surface area contributed by atoms with E-state index >= 15 is 0 Å². The molecule has 142 valence electrons. The lowest BCUT2D eigenvalue weighted by molar-refractivity contribution is -0.123. The number of likely N-dealkylation sites (tertiary alicyclic amines) is 1. The van der Waals surface area contributed by atoms with Crippen molar-refractivity contribution in [1.82, 2.24) is 20.9 Å². The summed E-state index contributed by atoms with van der Waals surface area (Å²) >= 11 is 0. The molecule has 0 bridgehead atoms. The highest BCUT2D eigenvalue weighted by Crippen LogP contribution is 2.10. The molecule has 1 aliphatic heterocycles. The van der Waals surface area contributed by atoms with E-state index in [9.17, 15) is 4.79 Å². The molecule has 3 N–H and O–H groups in total.